The van der Waals surface area contributed by atoms with Crippen LogP contribution in [0.25, 0.3) is 98.5 Å². The van der Waals surface area contributed by atoms with Crippen LogP contribution in [0.1, 0.15) is 5.56 Å². The Bertz CT molecular complexity index is 3350. The highest BCUT2D eigenvalue weighted by Gasteiger charge is 2.20. The lowest BCUT2D eigenvalue weighted by atomic mass is 10.0. The third-order valence-electron chi connectivity index (χ3n) is 11.1. The van der Waals surface area contributed by atoms with Gasteiger partial charge in [0, 0.05) is 43.7 Å². The molecule has 0 fully saturated rings. The maximum absolute atomic E-state index is 10.6. The Balaban J connectivity index is 1.08. The number of para-hydroxylation sites is 5. The summed E-state index contributed by atoms with van der Waals surface area (Å²) in [6.45, 7) is 8.33. The molecule has 3 heterocycles. The van der Waals surface area contributed by atoms with Gasteiger partial charge in [0.05, 0.1) is 50.9 Å². The second kappa shape index (κ2) is 11.8. The zero-order chi connectivity index (χ0) is 36.6. The zero-order valence-corrected chi connectivity index (χ0v) is 29.5. The summed E-state index contributed by atoms with van der Waals surface area (Å²) < 4.78 is 6.75. The van der Waals surface area contributed by atoms with Gasteiger partial charge in [-0.1, -0.05) is 109 Å². The van der Waals surface area contributed by atoms with Crippen LogP contribution >= 0.6 is 0 Å². The van der Waals surface area contributed by atoms with E-state index in [1.54, 1.807) is 0 Å². The van der Waals surface area contributed by atoms with Gasteiger partial charge < -0.3 is 13.7 Å². The third-order valence-corrected chi connectivity index (χ3v) is 11.1. The highest BCUT2D eigenvalue weighted by Crippen LogP contribution is 2.41. The number of benzene rings is 8. The summed E-state index contributed by atoms with van der Waals surface area (Å²) in [7, 11) is 0. The van der Waals surface area contributed by atoms with Gasteiger partial charge >= 0.3 is 0 Å². The summed E-state index contributed by atoms with van der Waals surface area (Å²) in [4.78, 5) is 4.07. The fourth-order valence-corrected chi connectivity index (χ4v) is 8.73. The van der Waals surface area contributed by atoms with E-state index in [1.165, 1.54) is 10.8 Å². The lowest BCUT2D eigenvalue weighted by Gasteiger charge is -2.14. The quantitative estimate of drug-likeness (QED) is 0.169. The smallest absolute Gasteiger partial charge is 0.196 e. The Morgan fingerprint density at radius 1 is 0.418 bits per heavy atom. The van der Waals surface area contributed by atoms with Gasteiger partial charge in [-0.3, -0.25) is 0 Å². The van der Waals surface area contributed by atoms with Crippen molar-refractivity contribution >= 4 is 71.1 Å². The van der Waals surface area contributed by atoms with Crippen molar-refractivity contribution < 1.29 is 0 Å². The minimum atomic E-state index is 0.573. The molecule has 0 unspecified atom stereocenters. The molecule has 0 saturated carbocycles. The summed E-state index contributed by atoms with van der Waals surface area (Å²) in [5, 5.41) is 17.4. The Kier molecular flexibility index (Phi) is 6.61. The molecule has 8 aromatic carbocycles. The molecule has 0 aliphatic heterocycles. The molecule has 3 aromatic heterocycles. The highest BCUT2D eigenvalue weighted by molar-refractivity contribution is 6.13. The van der Waals surface area contributed by atoms with E-state index in [1.807, 2.05) is 36.4 Å². The van der Waals surface area contributed by atoms with E-state index in [-0.39, 0.29) is 0 Å². The van der Waals surface area contributed by atoms with Gasteiger partial charge in [0.15, 0.2) is 5.69 Å². The first-order valence-corrected chi connectivity index (χ1v) is 18.3. The highest BCUT2D eigenvalue weighted by atomic mass is 15.0. The molecule has 5 nitrogen and oxygen atoms in total. The van der Waals surface area contributed by atoms with Crippen molar-refractivity contribution in [3.05, 3.63) is 193 Å². The molecule has 0 N–H and O–H groups in total. The molecule has 0 aliphatic rings. The average molecular weight is 700 g/mol. The first-order chi connectivity index (χ1) is 27.2. The average Bonchev–Trinajstić information content (AvgIpc) is 3.88. The Morgan fingerprint density at radius 3 is 1.35 bits per heavy atom. The molecular formula is C50H29N5. The number of rotatable bonds is 4. The zero-order valence-electron chi connectivity index (χ0n) is 29.5. The lowest BCUT2D eigenvalue weighted by Crippen LogP contribution is -2.00. The SMILES string of the molecule is [C-]#[N+]c1cc(-n2c3ccccc3c3cc(C#N)c(-n4c5ccccc5c5ccccc54)cc32)ccc1-c1ccc(-n2c3ccccc3c3ccccc32)cc1. The maximum Gasteiger partial charge on any atom is 0.196 e. The summed E-state index contributed by atoms with van der Waals surface area (Å²) in [6, 6.07) is 63.4. The van der Waals surface area contributed by atoms with Crippen LogP contribution in [0.3, 0.4) is 0 Å². The van der Waals surface area contributed by atoms with Crippen molar-refractivity contribution in [1.29, 1.82) is 5.26 Å². The van der Waals surface area contributed by atoms with E-state index >= 15 is 0 Å². The number of fused-ring (bicyclic) bond motifs is 9. The summed E-state index contributed by atoms with van der Waals surface area (Å²) in [5.41, 5.74) is 12.2. The van der Waals surface area contributed by atoms with Crippen molar-refractivity contribution in [1.82, 2.24) is 13.7 Å². The van der Waals surface area contributed by atoms with Gasteiger partial charge in [0.25, 0.3) is 0 Å². The molecular weight excluding hydrogens is 671 g/mol. The van der Waals surface area contributed by atoms with Crippen molar-refractivity contribution in [2.24, 2.45) is 0 Å². The molecule has 11 aromatic rings. The number of hydrogen-bond donors (Lipinski definition) is 0. The van der Waals surface area contributed by atoms with Crippen LogP contribution < -0.4 is 0 Å². The number of nitrogens with zero attached hydrogens (tertiary/aromatic N) is 5. The van der Waals surface area contributed by atoms with E-state index in [0.29, 0.717) is 11.3 Å². The molecule has 11 rings (SSSR count). The van der Waals surface area contributed by atoms with Crippen LogP contribution in [-0.2, 0) is 0 Å². The Hall–Kier alpha value is -7.86. The van der Waals surface area contributed by atoms with E-state index in [0.717, 1.165) is 82.8 Å². The van der Waals surface area contributed by atoms with E-state index in [4.69, 9.17) is 6.57 Å². The number of hydrogen-bond acceptors (Lipinski definition) is 1. The molecule has 0 spiro atoms. The van der Waals surface area contributed by atoms with Crippen LogP contribution in [0.2, 0.25) is 0 Å². The summed E-state index contributed by atoms with van der Waals surface area (Å²) in [5.74, 6) is 0. The standard InChI is InChI=1S/C50H29N5/c1-52-43-29-35(26-27-36(43)32-22-24-34(25-23-32)53-44-17-7-2-12-37(44)38-13-3-8-18-45(38)53)54-46-19-9-6-16-41(46)42-28-33(31-51)49(30-50(42)54)55-47-20-10-4-14-39(47)40-15-5-11-21-48(40)55/h2-30H. The molecule has 55 heavy (non-hydrogen) atoms. The van der Waals surface area contributed by atoms with Crippen molar-refractivity contribution in [2.75, 3.05) is 0 Å². The largest absolute Gasteiger partial charge is 0.310 e. The fraction of sp³-hybridized carbons (Fsp3) is 0. The minimum Gasteiger partial charge on any atom is -0.310 e. The molecule has 5 heteroatoms. The van der Waals surface area contributed by atoms with E-state index < -0.39 is 0 Å². The van der Waals surface area contributed by atoms with Gasteiger partial charge in [-0.05, 0) is 77.9 Å². The van der Waals surface area contributed by atoms with Crippen LogP contribution in [0.15, 0.2) is 176 Å². The molecule has 0 aliphatic carbocycles. The number of aromatic nitrogens is 3. The normalized spacial score (nSPS) is 11.6. The van der Waals surface area contributed by atoms with E-state index in [9.17, 15) is 5.26 Å². The third kappa shape index (κ3) is 4.45. The second-order valence-corrected chi connectivity index (χ2v) is 14.0. The van der Waals surface area contributed by atoms with Crippen molar-refractivity contribution in [2.45, 2.75) is 0 Å². The van der Waals surface area contributed by atoms with Gasteiger partial charge in [-0.2, -0.15) is 5.26 Å². The molecule has 254 valence electrons. The lowest BCUT2D eigenvalue weighted by molar-refractivity contribution is 1.15. The maximum atomic E-state index is 10.6. The molecule has 0 radical (unpaired) electrons. The molecule has 0 saturated heterocycles. The second-order valence-electron chi connectivity index (χ2n) is 14.0. The fourth-order valence-electron chi connectivity index (χ4n) is 8.73. The van der Waals surface area contributed by atoms with Gasteiger partial charge in [-0.15, -0.1) is 0 Å². The van der Waals surface area contributed by atoms with Crippen molar-refractivity contribution in [3.8, 4) is 34.3 Å². The minimum absolute atomic E-state index is 0.573. The van der Waals surface area contributed by atoms with Crippen molar-refractivity contribution in [3.63, 3.8) is 0 Å². The first kappa shape index (κ1) is 30.7. The first-order valence-electron chi connectivity index (χ1n) is 18.3. The monoisotopic (exact) mass is 699 g/mol. The van der Waals surface area contributed by atoms with E-state index in [2.05, 4.69) is 164 Å². The number of nitriles is 1. The van der Waals surface area contributed by atoms with Crippen LogP contribution in [0, 0.1) is 17.9 Å². The summed E-state index contributed by atoms with van der Waals surface area (Å²) >= 11 is 0. The van der Waals surface area contributed by atoms with Gasteiger partial charge in [0.1, 0.15) is 6.07 Å². The molecule has 0 atom stereocenters. The van der Waals surface area contributed by atoms with Crippen LogP contribution in [0.4, 0.5) is 5.69 Å². The predicted octanol–water partition coefficient (Wildman–Crippen LogP) is 13.1. The topological polar surface area (TPSA) is 42.9 Å². The Morgan fingerprint density at radius 2 is 0.855 bits per heavy atom. The van der Waals surface area contributed by atoms with Crippen LogP contribution in [0.5, 0.6) is 0 Å². The molecule has 0 amide bonds. The van der Waals surface area contributed by atoms with Crippen LogP contribution in [-0.4, -0.2) is 13.7 Å². The Labute approximate surface area is 316 Å². The van der Waals surface area contributed by atoms with Gasteiger partial charge in [-0.25, -0.2) is 4.85 Å². The predicted molar refractivity (Wildman–Crippen MR) is 226 cm³/mol. The molecule has 0 bridgehead atoms. The van der Waals surface area contributed by atoms with Gasteiger partial charge in [0.2, 0.25) is 0 Å². The summed E-state index contributed by atoms with van der Waals surface area (Å²) in [6.07, 6.45) is 0.